The monoisotopic (exact) mass is 447 g/mol. The molecule has 7 heteroatoms. The van der Waals surface area contributed by atoms with E-state index in [1.807, 2.05) is 24.3 Å². The standard InChI is InChI=1S/C25H29N5OS/c1-19(2)20-8-10-21(11-9-20)27-24(31)18-32-25-26-13-12-23(28-25)30-16-14-29(15-17-30)22-6-4-3-5-7-22/h3-13,19H,14-18H2,1-2H3,(H,27,31). The number of nitrogens with zero attached hydrogens (tertiary/aromatic N) is 4. The fourth-order valence-corrected chi connectivity index (χ4v) is 4.31. The SMILES string of the molecule is CC(C)c1ccc(NC(=O)CSc2nccc(N3CCN(c4ccccc4)CC3)n2)cc1. The third kappa shape index (κ3) is 5.79. The first kappa shape index (κ1) is 22.1. The molecule has 0 aliphatic carbocycles. The van der Waals surface area contributed by atoms with Crippen LogP contribution in [0.4, 0.5) is 17.2 Å². The Bertz CT molecular complexity index is 1020. The number of piperazine rings is 1. The summed E-state index contributed by atoms with van der Waals surface area (Å²) in [6.45, 7) is 8.03. The van der Waals surface area contributed by atoms with E-state index >= 15 is 0 Å². The molecule has 0 radical (unpaired) electrons. The largest absolute Gasteiger partial charge is 0.368 e. The maximum Gasteiger partial charge on any atom is 0.234 e. The number of amides is 1. The molecule has 1 saturated heterocycles. The van der Waals surface area contributed by atoms with E-state index in [1.54, 1.807) is 6.20 Å². The van der Waals surface area contributed by atoms with Crippen LogP contribution in [-0.4, -0.2) is 47.8 Å². The van der Waals surface area contributed by atoms with Crippen molar-refractivity contribution in [3.05, 3.63) is 72.4 Å². The van der Waals surface area contributed by atoms with Crippen molar-refractivity contribution in [2.75, 3.05) is 47.0 Å². The maximum atomic E-state index is 12.4. The molecule has 1 aliphatic rings. The van der Waals surface area contributed by atoms with Crippen LogP contribution in [0.2, 0.25) is 0 Å². The maximum absolute atomic E-state index is 12.4. The van der Waals surface area contributed by atoms with Crippen molar-refractivity contribution in [2.24, 2.45) is 0 Å². The van der Waals surface area contributed by atoms with Gasteiger partial charge in [0, 0.05) is 43.8 Å². The van der Waals surface area contributed by atoms with E-state index in [9.17, 15) is 4.79 Å². The Labute approximate surface area is 194 Å². The average molecular weight is 448 g/mol. The molecule has 1 aromatic heterocycles. The number of carbonyl (C=O) groups excluding carboxylic acids is 1. The summed E-state index contributed by atoms with van der Waals surface area (Å²) in [5, 5.41) is 3.57. The molecule has 2 heterocycles. The number of aromatic nitrogens is 2. The van der Waals surface area contributed by atoms with E-state index in [2.05, 4.69) is 75.3 Å². The van der Waals surface area contributed by atoms with Crippen molar-refractivity contribution in [3.63, 3.8) is 0 Å². The molecule has 166 valence electrons. The van der Waals surface area contributed by atoms with Crippen LogP contribution in [0.5, 0.6) is 0 Å². The van der Waals surface area contributed by atoms with Crippen molar-refractivity contribution in [1.29, 1.82) is 0 Å². The smallest absolute Gasteiger partial charge is 0.234 e. The fraction of sp³-hybridized carbons (Fsp3) is 0.320. The van der Waals surface area contributed by atoms with Crippen LogP contribution in [0, 0.1) is 0 Å². The van der Waals surface area contributed by atoms with Crippen molar-refractivity contribution >= 4 is 34.9 Å². The molecule has 1 aliphatic heterocycles. The van der Waals surface area contributed by atoms with Gasteiger partial charge in [0.05, 0.1) is 5.75 Å². The summed E-state index contributed by atoms with van der Waals surface area (Å²) in [5.74, 6) is 1.61. The summed E-state index contributed by atoms with van der Waals surface area (Å²) in [5.41, 5.74) is 3.33. The number of thioether (sulfide) groups is 1. The molecule has 2 aromatic carbocycles. The van der Waals surface area contributed by atoms with Gasteiger partial charge in [-0.15, -0.1) is 0 Å². The molecule has 32 heavy (non-hydrogen) atoms. The number of hydrogen-bond acceptors (Lipinski definition) is 6. The van der Waals surface area contributed by atoms with Crippen molar-refractivity contribution in [2.45, 2.75) is 24.9 Å². The highest BCUT2D eigenvalue weighted by molar-refractivity contribution is 7.99. The van der Waals surface area contributed by atoms with E-state index in [-0.39, 0.29) is 11.7 Å². The average Bonchev–Trinajstić information content (AvgIpc) is 2.84. The molecule has 0 saturated carbocycles. The summed E-state index contributed by atoms with van der Waals surface area (Å²) >= 11 is 1.36. The van der Waals surface area contributed by atoms with Gasteiger partial charge in [-0.2, -0.15) is 0 Å². The molecule has 0 bridgehead atoms. The van der Waals surface area contributed by atoms with Gasteiger partial charge in [-0.3, -0.25) is 4.79 Å². The molecule has 0 unspecified atom stereocenters. The van der Waals surface area contributed by atoms with Crippen LogP contribution < -0.4 is 15.1 Å². The third-order valence-electron chi connectivity index (χ3n) is 5.54. The minimum absolute atomic E-state index is 0.0576. The summed E-state index contributed by atoms with van der Waals surface area (Å²) in [6.07, 6.45) is 1.77. The van der Waals surface area contributed by atoms with Crippen LogP contribution >= 0.6 is 11.8 Å². The van der Waals surface area contributed by atoms with Gasteiger partial charge >= 0.3 is 0 Å². The van der Waals surface area contributed by atoms with Crippen LogP contribution in [0.25, 0.3) is 0 Å². The van der Waals surface area contributed by atoms with Crippen molar-refractivity contribution in [3.8, 4) is 0 Å². The molecule has 1 fully saturated rings. The predicted molar refractivity (Wildman–Crippen MR) is 133 cm³/mol. The van der Waals surface area contributed by atoms with Gasteiger partial charge in [-0.25, -0.2) is 9.97 Å². The number of para-hydroxylation sites is 1. The lowest BCUT2D eigenvalue weighted by Crippen LogP contribution is -2.46. The molecule has 1 N–H and O–H groups in total. The number of rotatable bonds is 7. The molecule has 0 spiro atoms. The highest BCUT2D eigenvalue weighted by atomic mass is 32.2. The van der Waals surface area contributed by atoms with Crippen LogP contribution in [0.15, 0.2) is 72.0 Å². The fourth-order valence-electron chi connectivity index (χ4n) is 3.69. The normalized spacial score (nSPS) is 14.0. The quantitative estimate of drug-likeness (QED) is 0.420. The van der Waals surface area contributed by atoms with Gasteiger partial charge in [0.2, 0.25) is 5.91 Å². The Morgan fingerprint density at radius 1 is 0.969 bits per heavy atom. The van der Waals surface area contributed by atoms with E-state index < -0.39 is 0 Å². The van der Waals surface area contributed by atoms with E-state index in [0.29, 0.717) is 11.1 Å². The van der Waals surface area contributed by atoms with Gasteiger partial charge < -0.3 is 15.1 Å². The Morgan fingerprint density at radius 3 is 2.34 bits per heavy atom. The molecule has 6 nitrogen and oxygen atoms in total. The molecular formula is C25H29N5OS. The second-order valence-electron chi connectivity index (χ2n) is 8.12. The number of benzene rings is 2. The second kappa shape index (κ2) is 10.5. The van der Waals surface area contributed by atoms with E-state index in [0.717, 1.165) is 37.7 Å². The van der Waals surface area contributed by atoms with Gasteiger partial charge in [0.15, 0.2) is 5.16 Å². The van der Waals surface area contributed by atoms with E-state index in [1.165, 1.54) is 23.0 Å². The van der Waals surface area contributed by atoms with Gasteiger partial charge in [-0.1, -0.05) is 55.9 Å². The predicted octanol–water partition coefficient (Wildman–Crippen LogP) is 4.66. The summed E-state index contributed by atoms with van der Waals surface area (Å²) in [7, 11) is 0. The Hall–Kier alpha value is -3.06. The van der Waals surface area contributed by atoms with Crippen LogP contribution in [0.1, 0.15) is 25.3 Å². The lowest BCUT2D eigenvalue weighted by Gasteiger charge is -2.36. The second-order valence-corrected chi connectivity index (χ2v) is 9.06. The molecule has 3 aromatic rings. The van der Waals surface area contributed by atoms with E-state index in [4.69, 9.17) is 0 Å². The van der Waals surface area contributed by atoms with Crippen LogP contribution in [0.3, 0.4) is 0 Å². The highest BCUT2D eigenvalue weighted by Crippen LogP contribution is 2.22. The zero-order valence-corrected chi connectivity index (χ0v) is 19.4. The summed E-state index contributed by atoms with van der Waals surface area (Å²) in [6, 6.07) is 20.4. The Morgan fingerprint density at radius 2 is 1.66 bits per heavy atom. The van der Waals surface area contributed by atoms with Crippen molar-refractivity contribution < 1.29 is 4.79 Å². The summed E-state index contributed by atoms with van der Waals surface area (Å²) < 4.78 is 0. The number of hydrogen-bond donors (Lipinski definition) is 1. The zero-order chi connectivity index (χ0) is 22.3. The Balaban J connectivity index is 1.28. The number of nitrogens with one attached hydrogen (secondary N) is 1. The molecule has 1 amide bonds. The third-order valence-corrected chi connectivity index (χ3v) is 6.40. The first-order valence-corrected chi connectivity index (χ1v) is 12.0. The molecule has 0 atom stereocenters. The first-order valence-electron chi connectivity index (χ1n) is 11.0. The minimum atomic E-state index is -0.0576. The molecular weight excluding hydrogens is 418 g/mol. The Kier molecular flexibility index (Phi) is 7.27. The lowest BCUT2D eigenvalue weighted by atomic mass is 10.0. The van der Waals surface area contributed by atoms with Gasteiger partial charge in [0.1, 0.15) is 5.82 Å². The van der Waals surface area contributed by atoms with Crippen LogP contribution in [-0.2, 0) is 4.79 Å². The minimum Gasteiger partial charge on any atom is -0.368 e. The molecule has 4 rings (SSSR count). The first-order chi connectivity index (χ1) is 15.6. The lowest BCUT2D eigenvalue weighted by molar-refractivity contribution is -0.113. The van der Waals surface area contributed by atoms with Gasteiger partial charge in [0.25, 0.3) is 0 Å². The van der Waals surface area contributed by atoms with Gasteiger partial charge in [-0.05, 0) is 41.8 Å². The number of anilines is 3. The summed E-state index contributed by atoms with van der Waals surface area (Å²) in [4.78, 5) is 26.1. The topological polar surface area (TPSA) is 61.4 Å². The highest BCUT2D eigenvalue weighted by Gasteiger charge is 2.19. The zero-order valence-electron chi connectivity index (χ0n) is 18.6. The van der Waals surface area contributed by atoms with Crippen molar-refractivity contribution in [1.82, 2.24) is 9.97 Å². The number of carbonyl (C=O) groups is 1.